The Morgan fingerprint density at radius 2 is 2.35 bits per heavy atom. The number of benzene rings is 1. The molecule has 1 aliphatic rings. The van der Waals surface area contributed by atoms with Crippen molar-refractivity contribution in [3.05, 3.63) is 35.1 Å². The zero-order valence-corrected chi connectivity index (χ0v) is 9.82. The third kappa shape index (κ3) is 2.82. The van der Waals surface area contributed by atoms with Crippen molar-refractivity contribution < 1.29 is 14.3 Å². The Morgan fingerprint density at radius 1 is 1.59 bits per heavy atom. The average Bonchev–Trinajstić information content (AvgIpc) is 2.72. The molecule has 4 heteroatoms. The molecule has 1 saturated heterocycles. The van der Waals surface area contributed by atoms with Gasteiger partial charge in [-0.15, -0.1) is 0 Å². The number of carbonyl (C=O) groups is 1. The van der Waals surface area contributed by atoms with Crippen LogP contribution in [0.3, 0.4) is 0 Å². The fraction of sp³-hybridized carbons (Fsp3) is 0.462. The van der Waals surface area contributed by atoms with Crippen molar-refractivity contribution in [2.75, 3.05) is 13.1 Å². The molecule has 1 unspecified atom stereocenters. The second-order valence-corrected chi connectivity index (χ2v) is 4.64. The number of hydrogen-bond acceptors (Lipinski definition) is 2. The lowest BCUT2D eigenvalue weighted by molar-refractivity contribution is -0.141. The first-order chi connectivity index (χ1) is 8.06. The molecule has 92 valence electrons. The Labute approximate surface area is 99.9 Å². The van der Waals surface area contributed by atoms with Crippen molar-refractivity contribution in [2.24, 2.45) is 5.92 Å². The van der Waals surface area contributed by atoms with E-state index in [1.807, 2.05) is 6.07 Å². The minimum absolute atomic E-state index is 0.198. The van der Waals surface area contributed by atoms with Crippen LogP contribution in [0.2, 0.25) is 0 Å². The van der Waals surface area contributed by atoms with E-state index < -0.39 is 5.97 Å². The summed E-state index contributed by atoms with van der Waals surface area (Å²) in [5.74, 6) is -1.20. The summed E-state index contributed by atoms with van der Waals surface area (Å²) in [5.41, 5.74) is 1.54. The fourth-order valence-electron chi connectivity index (χ4n) is 2.17. The maximum absolute atomic E-state index is 13.3. The van der Waals surface area contributed by atoms with Gasteiger partial charge in [0.2, 0.25) is 0 Å². The van der Waals surface area contributed by atoms with Gasteiger partial charge in [0.05, 0.1) is 5.92 Å². The summed E-state index contributed by atoms with van der Waals surface area (Å²) >= 11 is 0. The van der Waals surface area contributed by atoms with E-state index >= 15 is 0 Å². The van der Waals surface area contributed by atoms with Crippen molar-refractivity contribution >= 4 is 5.97 Å². The molecule has 3 nitrogen and oxygen atoms in total. The predicted octanol–water partition coefficient (Wildman–Crippen LogP) is 2.04. The lowest BCUT2D eigenvalue weighted by Crippen LogP contribution is -2.22. The molecule has 0 amide bonds. The number of aryl methyl sites for hydroxylation is 1. The Morgan fingerprint density at radius 3 is 2.94 bits per heavy atom. The Hall–Kier alpha value is -1.42. The molecule has 0 saturated carbocycles. The lowest BCUT2D eigenvalue weighted by Gasteiger charge is -2.15. The van der Waals surface area contributed by atoms with Gasteiger partial charge in [0.15, 0.2) is 0 Å². The molecule has 1 aliphatic heterocycles. The first-order valence-electron chi connectivity index (χ1n) is 5.76. The fourth-order valence-corrected chi connectivity index (χ4v) is 2.17. The summed E-state index contributed by atoms with van der Waals surface area (Å²) in [6.07, 6.45) is 0.684. The molecule has 0 spiro atoms. The highest BCUT2D eigenvalue weighted by Crippen LogP contribution is 2.19. The van der Waals surface area contributed by atoms with Crippen LogP contribution in [0.25, 0.3) is 0 Å². The number of hydrogen-bond donors (Lipinski definition) is 1. The SMILES string of the molecule is Cc1ccc(CN2CCC(C(=O)O)C2)cc1F. The highest BCUT2D eigenvalue weighted by Gasteiger charge is 2.27. The van der Waals surface area contributed by atoms with Gasteiger partial charge in [-0.2, -0.15) is 0 Å². The molecular formula is C13H16FNO2. The van der Waals surface area contributed by atoms with Gasteiger partial charge < -0.3 is 5.11 Å². The molecule has 2 rings (SSSR count). The minimum atomic E-state index is -0.734. The van der Waals surface area contributed by atoms with Gasteiger partial charge in [-0.1, -0.05) is 12.1 Å². The Kier molecular flexibility index (Phi) is 3.43. The van der Waals surface area contributed by atoms with Crippen LogP contribution in [0, 0.1) is 18.7 Å². The molecule has 1 N–H and O–H groups in total. The van der Waals surface area contributed by atoms with E-state index in [1.54, 1.807) is 13.0 Å². The number of carboxylic acids is 1. The monoisotopic (exact) mass is 237 g/mol. The van der Waals surface area contributed by atoms with Crippen LogP contribution in [0.4, 0.5) is 4.39 Å². The van der Waals surface area contributed by atoms with E-state index in [9.17, 15) is 9.18 Å². The van der Waals surface area contributed by atoms with Gasteiger partial charge in [-0.3, -0.25) is 9.69 Å². The maximum Gasteiger partial charge on any atom is 0.307 e. The molecule has 0 aromatic heterocycles. The number of rotatable bonds is 3. The predicted molar refractivity (Wildman–Crippen MR) is 62.2 cm³/mol. The average molecular weight is 237 g/mol. The summed E-state index contributed by atoms with van der Waals surface area (Å²) in [6, 6.07) is 5.19. The molecule has 0 bridgehead atoms. The van der Waals surface area contributed by atoms with Crippen LogP contribution >= 0.6 is 0 Å². The van der Waals surface area contributed by atoms with Crippen LogP contribution in [0.15, 0.2) is 18.2 Å². The molecule has 1 fully saturated rings. The Balaban J connectivity index is 1.98. The molecular weight excluding hydrogens is 221 g/mol. The normalized spacial score (nSPS) is 20.7. The van der Waals surface area contributed by atoms with Crippen LogP contribution in [0.1, 0.15) is 17.5 Å². The second kappa shape index (κ2) is 4.84. The smallest absolute Gasteiger partial charge is 0.307 e. The van der Waals surface area contributed by atoms with Crippen molar-refractivity contribution in [1.82, 2.24) is 4.90 Å². The van der Waals surface area contributed by atoms with E-state index in [0.717, 1.165) is 12.1 Å². The number of likely N-dealkylation sites (tertiary alicyclic amines) is 1. The topological polar surface area (TPSA) is 40.5 Å². The zero-order chi connectivity index (χ0) is 12.4. The number of halogens is 1. The van der Waals surface area contributed by atoms with Crippen LogP contribution < -0.4 is 0 Å². The quantitative estimate of drug-likeness (QED) is 0.874. The molecule has 1 aromatic carbocycles. The number of carboxylic acid groups (broad SMARTS) is 1. The van der Waals surface area contributed by atoms with E-state index in [2.05, 4.69) is 4.90 Å². The second-order valence-electron chi connectivity index (χ2n) is 4.64. The van der Waals surface area contributed by atoms with E-state index in [0.29, 0.717) is 25.1 Å². The van der Waals surface area contributed by atoms with E-state index in [4.69, 9.17) is 5.11 Å². The third-order valence-electron chi connectivity index (χ3n) is 3.26. The zero-order valence-electron chi connectivity index (χ0n) is 9.82. The van der Waals surface area contributed by atoms with Crippen molar-refractivity contribution in [3.8, 4) is 0 Å². The van der Waals surface area contributed by atoms with E-state index in [1.165, 1.54) is 6.07 Å². The third-order valence-corrected chi connectivity index (χ3v) is 3.26. The summed E-state index contributed by atoms with van der Waals surface area (Å²) in [5, 5.41) is 8.89. The lowest BCUT2D eigenvalue weighted by atomic mass is 10.1. The molecule has 1 heterocycles. The van der Waals surface area contributed by atoms with Gasteiger partial charge in [0.1, 0.15) is 5.82 Å². The van der Waals surface area contributed by atoms with Gasteiger partial charge in [-0.25, -0.2) is 4.39 Å². The van der Waals surface area contributed by atoms with Gasteiger partial charge >= 0.3 is 5.97 Å². The molecule has 1 aromatic rings. The van der Waals surface area contributed by atoms with Crippen molar-refractivity contribution in [3.63, 3.8) is 0 Å². The number of nitrogens with zero attached hydrogens (tertiary/aromatic N) is 1. The maximum atomic E-state index is 13.3. The van der Waals surface area contributed by atoms with E-state index in [-0.39, 0.29) is 11.7 Å². The molecule has 17 heavy (non-hydrogen) atoms. The van der Waals surface area contributed by atoms with Crippen molar-refractivity contribution in [1.29, 1.82) is 0 Å². The highest BCUT2D eigenvalue weighted by molar-refractivity contribution is 5.70. The van der Waals surface area contributed by atoms with Crippen LogP contribution in [-0.2, 0) is 11.3 Å². The molecule has 1 atom stereocenters. The summed E-state index contributed by atoms with van der Waals surface area (Å²) in [4.78, 5) is 12.9. The standard InChI is InChI=1S/C13H16FNO2/c1-9-2-3-10(6-12(9)14)7-15-5-4-11(8-15)13(16)17/h2-3,6,11H,4-5,7-8H2,1H3,(H,16,17). The number of aliphatic carboxylic acids is 1. The van der Waals surface area contributed by atoms with Crippen LogP contribution in [-0.4, -0.2) is 29.1 Å². The summed E-state index contributed by atoms with van der Waals surface area (Å²) < 4.78 is 13.3. The van der Waals surface area contributed by atoms with Gasteiger partial charge in [0.25, 0.3) is 0 Å². The van der Waals surface area contributed by atoms with Gasteiger partial charge in [0, 0.05) is 13.1 Å². The molecule has 0 radical (unpaired) electrons. The van der Waals surface area contributed by atoms with Gasteiger partial charge in [-0.05, 0) is 37.1 Å². The highest BCUT2D eigenvalue weighted by atomic mass is 19.1. The summed E-state index contributed by atoms with van der Waals surface area (Å²) in [6.45, 7) is 3.69. The first kappa shape index (κ1) is 12.0. The minimum Gasteiger partial charge on any atom is -0.481 e. The van der Waals surface area contributed by atoms with Crippen LogP contribution in [0.5, 0.6) is 0 Å². The van der Waals surface area contributed by atoms with Crippen molar-refractivity contribution in [2.45, 2.75) is 19.9 Å². The summed E-state index contributed by atoms with van der Waals surface area (Å²) in [7, 11) is 0. The largest absolute Gasteiger partial charge is 0.481 e. The molecule has 0 aliphatic carbocycles. The first-order valence-corrected chi connectivity index (χ1v) is 5.76. The Bertz CT molecular complexity index is 433.